The molecule has 6 heteroatoms. The van der Waals surface area contributed by atoms with E-state index < -0.39 is 6.09 Å². The first-order valence-corrected chi connectivity index (χ1v) is 8.76. The van der Waals surface area contributed by atoms with Crippen molar-refractivity contribution in [2.24, 2.45) is 0 Å². The number of benzene rings is 2. The number of carbonyl (C=O) groups excluding carboxylic acids is 1. The number of fused-ring (bicyclic) bond motifs is 3. The molecule has 27 heavy (non-hydrogen) atoms. The molecule has 2 aromatic heterocycles. The molecule has 4 aromatic rings. The first kappa shape index (κ1) is 16.9. The van der Waals surface area contributed by atoms with Gasteiger partial charge in [0.05, 0.1) is 7.11 Å². The SMILES string of the molecule is CCc1ccccc1-c1nc2c3cc(NC(=O)OC)ccc3ccn2c1N. The van der Waals surface area contributed by atoms with Gasteiger partial charge in [0.1, 0.15) is 17.2 Å². The van der Waals surface area contributed by atoms with Crippen molar-refractivity contribution in [1.82, 2.24) is 9.38 Å². The van der Waals surface area contributed by atoms with Crippen LogP contribution in [0.4, 0.5) is 16.3 Å². The highest BCUT2D eigenvalue weighted by Gasteiger charge is 2.16. The smallest absolute Gasteiger partial charge is 0.411 e. The predicted octanol–water partition coefficient (Wildman–Crippen LogP) is 4.48. The van der Waals surface area contributed by atoms with Gasteiger partial charge >= 0.3 is 6.09 Å². The highest BCUT2D eigenvalue weighted by molar-refractivity contribution is 6.00. The maximum atomic E-state index is 11.5. The van der Waals surface area contributed by atoms with E-state index in [0.717, 1.165) is 34.1 Å². The molecule has 0 radical (unpaired) electrons. The van der Waals surface area contributed by atoms with Crippen LogP contribution in [0.2, 0.25) is 0 Å². The quantitative estimate of drug-likeness (QED) is 0.564. The number of nitrogens with one attached hydrogen (secondary N) is 1. The molecule has 1 amide bonds. The Morgan fingerprint density at radius 1 is 1.22 bits per heavy atom. The van der Waals surface area contributed by atoms with Crippen molar-refractivity contribution in [3.63, 3.8) is 0 Å². The van der Waals surface area contributed by atoms with E-state index in [9.17, 15) is 4.79 Å². The van der Waals surface area contributed by atoms with Crippen LogP contribution >= 0.6 is 0 Å². The van der Waals surface area contributed by atoms with Gasteiger partial charge in [0, 0.05) is 22.8 Å². The number of ether oxygens (including phenoxy) is 1. The average Bonchev–Trinajstić information content (AvgIpc) is 3.04. The zero-order valence-electron chi connectivity index (χ0n) is 15.2. The number of hydrogen-bond donors (Lipinski definition) is 2. The van der Waals surface area contributed by atoms with Crippen LogP contribution < -0.4 is 11.1 Å². The summed E-state index contributed by atoms with van der Waals surface area (Å²) in [5.41, 5.74) is 10.8. The first-order valence-electron chi connectivity index (χ1n) is 8.76. The number of pyridine rings is 1. The molecule has 0 atom stereocenters. The van der Waals surface area contributed by atoms with Gasteiger partial charge in [-0.3, -0.25) is 9.72 Å². The highest BCUT2D eigenvalue weighted by Crippen LogP contribution is 2.33. The molecule has 136 valence electrons. The van der Waals surface area contributed by atoms with Crippen LogP contribution in [0.3, 0.4) is 0 Å². The van der Waals surface area contributed by atoms with Crippen LogP contribution in [0, 0.1) is 0 Å². The van der Waals surface area contributed by atoms with E-state index in [1.807, 2.05) is 53.1 Å². The lowest BCUT2D eigenvalue weighted by Crippen LogP contribution is -2.10. The molecule has 0 saturated heterocycles. The van der Waals surface area contributed by atoms with Crippen molar-refractivity contribution in [3.8, 4) is 11.3 Å². The molecule has 0 aliphatic rings. The Bertz CT molecular complexity index is 1160. The maximum Gasteiger partial charge on any atom is 0.411 e. The lowest BCUT2D eigenvalue weighted by molar-refractivity contribution is 0.187. The summed E-state index contributed by atoms with van der Waals surface area (Å²) in [5.74, 6) is 0.596. The lowest BCUT2D eigenvalue weighted by atomic mass is 10.0. The van der Waals surface area contributed by atoms with Gasteiger partial charge in [0.15, 0.2) is 0 Å². The minimum Gasteiger partial charge on any atom is -0.453 e. The molecule has 3 N–H and O–H groups in total. The van der Waals surface area contributed by atoms with E-state index in [0.29, 0.717) is 11.5 Å². The maximum absolute atomic E-state index is 11.5. The minimum atomic E-state index is -0.512. The number of nitrogen functional groups attached to an aromatic ring is 1. The second kappa shape index (κ2) is 6.64. The fraction of sp³-hybridized carbons (Fsp3) is 0.143. The Hall–Kier alpha value is -3.54. The fourth-order valence-corrected chi connectivity index (χ4v) is 3.34. The number of amides is 1. The number of carbonyl (C=O) groups is 1. The van der Waals surface area contributed by atoms with E-state index in [1.54, 1.807) is 0 Å². The molecule has 2 heterocycles. The summed E-state index contributed by atoms with van der Waals surface area (Å²) < 4.78 is 6.55. The summed E-state index contributed by atoms with van der Waals surface area (Å²) in [5, 5.41) is 4.60. The van der Waals surface area contributed by atoms with Gasteiger partial charge < -0.3 is 10.5 Å². The molecule has 6 nitrogen and oxygen atoms in total. The van der Waals surface area contributed by atoms with E-state index in [-0.39, 0.29) is 0 Å². The third-order valence-corrected chi connectivity index (χ3v) is 4.73. The van der Waals surface area contributed by atoms with Crippen LogP contribution in [-0.4, -0.2) is 22.6 Å². The molecular formula is C21H20N4O2. The van der Waals surface area contributed by atoms with Gasteiger partial charge in [0.25, 0.3) is 0 Å². The number of methoxy groups -OCH3 is 1. The van der Waals surface area contributed by atoms with Crippen molar-refractivity contribution < 1.29 is 9.53 Å². The van der Waals surface area contributed by atoms with Crippen molar-refractivity contribution >= 4 is 34.0 Å². The van der Waals surface area contributed by atoms with Crippen LogP contribution in [0.15, 0.2) is 54.7 Å². The van der Waals surface area contributed by atoms with Crippen LogP contribution in [-0.2, 0) is 11.2 Å². The normalized spacial score (nSPS) is 11.0. The number of aryl methyl sites for hydroxylation is 1. The fourth-order valence-electron chi connectivity index (χ4n) is 3.34. The van der Waals surface area contributed by atoms with E-state index >= 15 is 0 Å². The van der Waals surface area contributed by atoms with Crippen molar-refractivity contribution in [2.45, 2.75) is 13.3 Å². The van der Waals surface area contributed by atoms with Gasteiger partial charge in [-0.2, -0.15) is 0 Å². The number of imidazole rings is 1. The van der Waals surface area contributed by atoms with E-state index in [1.165, 1.54) is 12.7 Å². The summed E-state index contributed by atoms with van der Waals surface area (Å²) in [6.45, 7) is 2.12. The number of rotatable bonds is 3. The van der Waals surface area contributed by atoms with Gasteiger partial charge in [-0.05, 0) is 35.6 Å². The second-order valence-corrected chi connectivity index (χ2v) is 6.28. The number of aromatic nitrogens is 2. The zero-order chi connectivity index (χ0) is 19.0. The van der Waals surface area contributed by atoms with Crippen molar-refractivity contribution in [2.75, 3.05) is 18.2 Å². The molecule has 0 aliphatic heterocycles. The summed E-state index contributed by atoms with van der Waals surface area (Å²) in [6.07, 6.45) is 2.31. The number of hydrogen-bond acceptors (Lipinski definition) is 4. The molecule has 0 unspecified atom stereocenters. The molecule has 0 aliphatic carbocycles. The van der Waals surface area contributed by atoms with Crippen LogP contribution in [0.1, 0.15) is 12.5 Å². The number of anilines is 2. The largest absolute Gasteiger partial charge is 0.453 e. The predicted molar refractivity (Wildman–Crippen MR) is 108 cm³/mol. The molecular weight excluding hydrogens is 340 g/mol. The third-order valence-electron chi connectivity index (χ3n) is 4.73. The van der Waals surface area contributed by atoms with E-state index in [2.05, 4.69) is 23.0 Å². The summed E-state index contributed by atoms with van der Waals surface area (Å²) in [6, 6.07) is 15.8. The minimum absolute atomic E-state index is 0.512. The number of nitrogens with two attached hydrogens (primary N) is 1. The van der Waals surface area contributed by atoms with Gasteiger partial charge in [-0.15, -0.1) is 0 Å². The molecule has 0 saturated carbocycles. The Morgan fingerprint density at radius 2 is 2.04 bits per heavy atom. The van der Waals surface area contributed by atoms with Crippen molar-refractivity contribution in [1.29, 1.82) is 0 Å². The molecule has 2 aromatic carbocycles. The lowest BCUT2D eigenvalue weighted by Gasteiger charge is -2.06. The monoisotopic (exact) mass is 360 g/mol. The van der Waals surface area contributed by atoms with Crippen molar-refractivity contribution in [3.05, 3.63) is 60.3 Å². The molecule has 4 rings (SSSR count). The van der Waals surface area contributed by atoms with Gasteiger partial charge in [-0.1, -0.05) is 37.3 Å². The number of nitrogens with zero attached hydrogens (tertiary/aromatic N) is 2. The summed E-state index contributed by atoms with van der Waals surface area (Å²) in [4.78, 5) is 16.4. The Kier molecular flexibility index (Phi) is 4.16. The average molecular weight is 360 g/mol. The van der Waals surface area contributed by atoms with Gasteiger partial charge in [-0.25, -0.2) is 9.78 Å². The molecule has 0 bridgehead atoms. The molecule has 0 spiro atoms. The summed E-state index contributed by atoms with van der Waals surface area (Å²) in [7, 11) is 1.33. The molecule has 0 fully saturated rings. The standard InChI is InChI=1S/C21H20N4O2/c1-3-13-6-4-5-7-16(13)18-19(22)25-11-10-14-8-9-15(23-21(26)27-2)12-17(14)20(25)24-18/h4-12H,3,22H2,1-2H3,(H,23,26). The Balaban J connectivity index is 1.94. The van der Waals surface area contributed by atoms with Gasteiger partial charge in [0.2, 0.25) is 0 Å². The Labute approximate surface area is 156 Å². The Morgan fingerprint density at radius 3 is 2.81 bits per heavy atom. The highest BCUT2D eigenvalue weighted by atomic mass is 16.5. The first-order chi connectivity index (χ1) is 13.1. The van der Waals surface area contributed by atoms with Crippen LogP contribution in [0.25, 0.3) is 27.7 Å². The zero-order valence-corrected chi connectivity index (χ0v) is 15.2. The van der Waals surface area contributed by atoms with E-state index in [4.69, 9.17) is 10.7 Å². The topological polar surface area (TPSA) is 81.6 Å². The third kappa shape index (κ3) is 2.85. The van der Waals surface area contributed by atoms with Crippen LogP contribution in [0.5, 0.6) is 0 Å². The summed E-state index contributed by atoms with van der Waals surface area (Å²) >= 11 is 0. The second-order valence-electron chi connectivity index (χ2n) is 6.28.